The van der Waals surface area contributed by atoms with Gasteiger partial charge in [-0.15, -0.1) is 0 Å². The highest BCUT2D eigenvalue weighted by Crippen LogP contribution is 2.24. The number of nitrogens with one attached hydrogen (secondary N) is 1. The molecule has 94 valence electrons. The zero-order chi connectivity index (χ0) is 12.0. The molecule has 0 aromatic rings. The van der Waals surface area contributed by atoms with Crippen LogP contribution in [0.3, 0.4) is 0 Å². The van der Waals surface area contributed by atoms with E-state index in [1.165, 1.54) is 0 Å². The standard InChI is InChI=1S/C12H24N2O2/c1-2-3-10(7-13)12(16)14-8-9-4-5-11(15)6-9/h9-11,15H,2-8,13H2,1H3,(H,14,16). The summed E-state index contributed by atoms with van der Waals surface area (Å²) in [5.74, 6) is 0.473. The van der Waals surface area contributed by atoms with Crippen molar-refractivity contribution in [1.29, 1.82) is 0 Å². The summed E-state index contributed by atoms with van der Waals surface area (Å²) in [7, 11) is 0. The number of rotatable bonds is 6. The maximum Gasteiger partial charge on any atom is 0.224 e. The summed E-state index contributed by atoms with van der Waals surface area (Å²) in [6, 6.07) is 0. The van der Waals surface area contributed by atoms with Crippen molar-refractivity contribution in [3.05, 3.63) is 0 Å². The lowest BCUT2D eigenvalue weighted by molar-refractivity contribution is -0.125. The summed E-state index contributed by atoms with van der Waals surface area (Å²) in [5.41, 5.74) is 5.56. The predicted molar refractivity (Wildman–Crippen MR) is 63.8 cm³/mol. The maximum absolute atomic E-state index is 11.7. The molecule has 3 atom stereocenters. The van der Waals surface area contributed by atoms with E-state index in [9.17, 15) is 9.90 Å². The lowest BCUT2D eigenvalue weighted by Gasteiger charge is -2.16. The van der Waals surface area contributed by atoms with Gasteiger partial charge in [-0.2, -0.15) is 0 Å². The topological polar surface area (TPSA) is 75.4 Å². The number of carbonyl (C=O) groups is 1. The summed E-state index contributed by atoms with van der Waals surface area (Å²) in [4.78, 5) is 11.7. The molecule has 1 amide bonds. The predicted octanol–water partition coefficient (Wildman–Crippen LogP) is 0.639. The molecule has 1 aliphatic rings. The highest BCUT2D eigenvalue weighted by Gasteiger charge is 2.24. The Labute approximate surface area is 97.6 Å². The third kappa shape index (κ3) is 4.10. The van der Waals surface area contributed by atoms with Gasteiger partial charge < -0.3 is 16.2 Å². The van der Waals surface area contributed by atoms with Crippen LogP contribution >= 0.6 is 0 Å². The molecule has 0 bridgehead atoms. The smallest absolute Gasteiger partial charge is 0.224 e. The molecule has 0 saturated heterocycles. The number of carbonyl (C=O) groups excluding carboxylic acids is 1. The van der Waals surface area contributed by atoms with Crippen molar-refractivity contribution in [2.24, 2.45) is 17.6 Å². The Morgan fingerprint density at radius 1 is 1.56 bits per heavy atom. The van der Waals surface area contributed by atoms with Crippen molar-refractivity contribution < 1.29 is 9.90 Å². The molecule has 16 heavy (non-hydrogen) atoms. The lowest BCUT2D eigenvalue weighted by Crippen LogP contribution is -2.37. The van der Waals surface area contributed by atoms with Crippen molar-refractivity contribution in [2.45, 2.75) is 45.1 Å². The Bertz CT molecular complexity index is 221. The minimum absolute atomic E-state index is 0.0451. The van der Waals surface area contributed by atoms with Gasteiger partial charge in [-0.25, -0.2) is 0 Å². The van der Waals surface area contributed by atoms with Gasteiger partial charge in [-0.1, -0.05) is 13.3 Å². The van der Waals surface area contributed by atoms with E-state index in [1.54, 1.807) is 0 Å². The molecular weight excluding hydrogens is 204 g/mol. The molecule has 4 heteroatoms. The second-order valence-corrected chi connectivity index (χ2v) is 4.80. The molecule has 0 aromatic heterocycles. The summed E-state index contributed by atoms with van der Waals surface area (Å²) < 4.78 is 0. The zero-order valence-electron chi connectivity index (χ0n) is 10.1. The summed E-state index contributed by atoms with van der Waals surface area (Å²) in [5, 5.41) is 12.3. The summed E-state index contributed by atoms with van der Waals surface area (Å²) in [6.45, 7) is 3.17. The fourth-order valence-electron chi connectivity index (χ4n) is 2.33. The zero-order valence-corrected chi connectivity index (χ0v) is 10.1. The van der Waals surface area contributed by atoms with E-state index in [4.69, 9.17) is 5.73 Å². The molecule has 0 aromatic carbocycles. The average molecular weight is 228 g/mol. The van der Waals surface area contributed by atoms with Crippen LogP contribution in [0.25, 0.3) is 0 Å². The van der Waals surface area contributed by atoms with E-state index in [2.05, 4.69) is 12.2 Å². The van der Waals surface area contributed by atoms with Gasteiger partial charge in [-0.05, 0) is 31.6 Å². The number of hydrogen-bond donors (Lipinski definition) is 3. The molecule has 0 spiro atoms. The van der Waals surface area contributed by atoms with Gasteiger partial charge in [0.15, 0.2) is 0 Å². The van der Waals surface area contributed by atoms with Crippen LogP contribution < -0.4 is 11.1 Å². The van der Waals surface area contributed by atoms with Crippen LogP contribution in [0.2, 0.25) is 0 Å². The van der Waals surface area contributed by atoms with Gasteiger partial charge >= 0.3 is 0 Å². The summed E-state index contributed by atoms with van der Waals surface area (Å²) in [6.07, 6.45) is 4.38. The van der Waals surface area contributed by atoms with E-state index in [1.807, 2.05) is 0 Å². The van der Waals surface area contributed by atoms with Crippen LogP contribution in [0.5, 0.6) is 0 Å². The highest BCUT2D eigenvalue weighted by molar-refractivity contribution is 5.78. The van der Waals surface area contributed by atoms with Crippen LogP contribution in [-0.2, 0) is 4.79 Å². The molecular formula is C12H24N2O2. The monoisotopic (exact) mass is 228 g/mol. The Balaban J connectivity index is 2.23. The first-order valence-corrected chi connectivity index (χ1v) is 6.33. The molecule has 1 fully saturated rings. The van der Waals surface area contributed by atoms with Crippen molar-refractivity contribution in [1.82, 2.24) is 5.32 Å². The number of aliphatic hydroxyl groups excluding tert-OH is 1. The Kier molecular flexibility index (Phi) is 5.77. The molecule has 1 saturated carbocycles. The molecule has 4 N–H and O–H groups in total. The third-order valence-corrected chi connectivity index (χ3v) is 3.37. The van der Waals surface area contributed by atoms with Gasteiger partial charge in [0.1, 0.15) is 0 Å². The first-order valence-electron chi connectivity index (χ1n) is 6.33. The molecule has 3 unspecified atom stereocenters. The SMILES string of the molecule is CCCC(CN)C(=O)NCC1CCC(O)C1. The number of aliphatic hydroxyl groups is 1. The molecule has 1 rings (SSSR count). The van der Waals surface area contributed by atoms with Gasteiger partial charge in [-0.3, -0.25) is 4.79 Å². The minimum Gasteiger partial charge on any atom is -0.393 e. The van der Waals surface area contributed by atoms with E-state index in [0.717, 1.165) is 32.1 Å². The van der Waals surface area contributed by atoms with Crippen molar-refractivity contribution in [3.8, 4) is 0 Å². The fraction of sp³-hybridized carbons (Fsp3) is 0.917. The Morgan fingerprint density at radius 2 is 2.31 bits per heavy atom. The van der Waals surface area contributed by atoms with Crippen LogP contribution in [0.4, 0.5) is 0 Å². The first-order chi connectivity index (χ1) is 7.67. The Hall–Kier alpha value is -0.610. The molecule has 4 nitrogen and oxygen atoms in total. The van der Waals surface area contributed by atoms with Crippen molar-refractivity contribution in [2.75, 3.05) is 13.1 Å². The van der Waals surface area contributed by atoms with E-state index >= 15 is 0 Å². The van der Waals surface area contributed by atoms with Crippen molar-refractivity contribution in [3.63, 3.8) is 0 Å². The van der Waals surface area contributed by atoms with E-state index in [0.29, 0.717) is 19.0 Å². The van der Waals surface area contributed by atoms with Crippen LogP contribution in [-0.4, -0.2) is 30.2 Å². The number of nitrogens with two attached hydrogens (primary N) is 1. The van der Waals surface area contributed by atoms with Crippen LogP contribution in [0.15, 0.2) is 0 Å². The Morgan fingerprint density at radius 3 is 2.81 bits per heavy atom. The van der Waals surface area contributed by atoms with Crippen molar-refractivity contribution >= 4 is 5.91 Å². The molecule has 0 aliphatic heterocycles. The number of amides is 1. The first kappa shape index (κ1) is 13.5. The van der Waals surface area contributed by atoms with Gasteiger partial charge in [0, 0.05) is 13.1 Å². The normalized spacial score (nSPS) is 26.7. The van der Waals surface area contributed by atoms with Gasteiger partial charge in [0.25, 0.3) is 0 Å². The van der Waals surface area contributed by atoms with Crippen LogP contribution in [0.1, 0.15) is 39.0 Å². The molecule has 1 aliphatic carbocycles. The fourth-order valence-corrected chi connectivity index (χ4v) is 2.33. The maximum atomic E-state index is 11.7. The second kappa shape index (κ2) is 6.86. The number of hydrogen-bond acceptors (Lipinski definition) is 3. The summed E-state index contributed by atoms with van der Waals surface area (Å²) >= 11 is 0. The van der Waals surface area contributed by atoms with Gasteiger partial charge in [0.05, 0.1) is 12.0 Å². The molecule has 0 radical (unpaired) electrons. The second-order valence-electron chi connectivity index (χ2n) is 4.80. The van der Waals surface area contributed by atoms with E-state index in [-0.39, 0.29) is 17.9 Å². The highest BCUT2D eigenvalue weighted by atomic mass is 16.3. The van der Waals surface area contributed by atoms with Gasteiger partial charge in [0.2, 0.25) is 5.91 Å². The quantitative estimate of drug-likeness (QED) is 0.624. The largest absolute Gasteiger partial charge is 0.393 e. The van der Waals surface area contributed by atoms with E-state index < -0.39 is 0 Å². The van der Waals surface area contributed by atoms with Crippen LogP contribution in [0, 0.1) is 11.8 Å². The lowest BCUT2D eigenvalue weighted by atomic mass is 10.0. The minimum atomic E-state index is -0.164. The third-order valence-electron chi connectivity index (χ3n) is 3.37. The molecule has 0 heterocycles. The average Bonchev–Trinajstić information content (AvgIpc) is 2.68.